The molecule has 6 heteroatoms. The summed E-state index contributed by atoms with van der Waals surface area (Å²) in [7, 11) is 0. The van der Waals surface area contributed by atoms with Crippen molar-refractivity contribution in [2.24, 2.45) is 0 Å². The molecule has 1 aromatic heterocycles. The van der Waals surface area contributed by atoms with Crippen molar-refractivity contribution in [1.29, 1.82) is 0 Å². The molecule has 0 N–H and O–H groups in total. The third-order valence-electron chi connectivity index (χ3n) is 0.988. The Morgan fingerprint density at radius 3 is 2.45 bits per heavy atom. The number of alkyl halides is 3. The first-order chi connectivity index (χ1) is 5.04. The number of aromatic nitrogens is 3. The number of nitrogens with zero attached hydrogens (tertiary/aromatic N) is 3. The molecule has 60 valence electrons. The Labute approximate surface area is 60.1 Å². The van der Waals surface area contributed by atoms with Crippen molar-refractivity contribution in [2.45, 2.75) is 6.18 Å². The Bertz CT molecular complexity index is 262. The monoisotopic (exact) mass is 163 g/mol. The highest BCUT2D eigenvalue weighted by Gasteiger charge is 2.34. The molecule has 0 aliphatic heterocycles. The molecule has 0 unspecified atom stereocenters. The average Bonchev–Trinajstić information content (AvgIpc) is 2.32. The molecule has 0 spiro atoms. The van der Waals surface area contributed by atoms with Crippen LogP contribution in [0.15, 0.2) is 12.8 Å². The van der Waals surface area contributed by atoms with Gasteiger partial charge >= 0.3 is 6.18 Å². The van der Waals surface area contributed by atoms with Crippen molar-refractivity contribution >= 4 is 6.20 Å². The summed E-state index contributed by atoms with van der Waals surface area (Å²) in [6.45, 7) is 3.22. The van der Waals surface area contributed by atoms with Crippen molar-refractivity contribution in [3.63, 3.8) is 0 Å². The summed E-state index contributed by atoms with van der Waals surface area (Å²) in [6.07, 6.45) is -2.55. The lowest BCUT2D eigenvalue weighted by Crippen LogP contribution is -2.04. The maximum atomic E-state index is 11.8. The van der Waals surface area contributed by atoms with Crippen LogP contribution in [0, 0.1) is 0 Å². The van der Waals surface area contributed by atoms with Gasteiger partial charge in [0.15, 0.2) is 5.69 Å². The van der Waals surface area contributed by atoms with Gasteiger partial charge in [0.05, 0.1) is 6.20 Å². The minimum atomic E-state index is -4.43. The fraction of sp³-hybridized carbons (Fsp3) is 0.200. The van der Waals surface area contributed by atoms with Gasteiger partial charge in [0.1, 0.15) is 0 Å². The molecular formula is C5H4F3N3. The van der Waals surface area contributed by atoms with E-state index < -0.39 is 11.9 Å². The van der Waals surface area contributed by atoms with E-state index in [1.54, 1.807) is 0 Å². The van der Waals surface area contributed by atoms with Crippen LogP contribution in [0.4, 0.5) is 13.2 Å². The first-order valence-electron chi connectivity index (χ1n) is 2.65. The minimum Gasteiger partial charge on any atom is -0.228 e. The summed E-state index contributed by atoms with van der Waals surface area (Å²) in [5.41, 5.74) is -1.02. The van der Waals surface area contributed by atoms with E-state index in [9.17, 15) is 13.2 Å². The van der Waals surface area contributed by atoms with Crippen LogP contribution in [-0.2, 0) is 6.18 Å². The largest absolute Gasteiger partial charge is 0.436 e. The van der Waals surface area contributed by atoms with E-state index in [4.69, 9.17) is 0 Å². The van der Waals surface area contributed by atoms with E-state index in [2.05, 4.69) is 16.9 Å². The van der Waals surface area contributed by atoms with E-state index in [-0.39, 0.29) is 0 Å². The SMILES string of the molecule is C=Cn1cc(C(F)(F)F)nn1. The van der Waals surface area contributed by atoms with Gasteiger partial charge < -0.3 is 0 Å². The maximum Gasteiger partial charge on any atom is 0.436 e. The van der Waals surface area contributed by atoms with Crippen molar-refractivity contribution < 1.29 is 13.2 Å². The Morgan fingerprint density at radius 2 is 2.18 bits per heavy atom. The summed E-state index contributed by atoms with van der Waals surface area (Å²) in [4.78, 5) is 0. The van der Waals surface area contributed by atoms with Crippen LogP contribution in [0.25, 0.3) is 6.20 Å². The fourth-order valence-corrected chi connectivity index (χ4v) is 0.496. The second kappa shape index (κ2) is 2.37. The lowest BCUT2D eigenvalue weighted by atomic mass is 10.5. The fourth-order valence-electron chi connectivity index (χ4n) is 0.496. The third-order valence-corrected chi connectivity index (χ3v) is 0.988. The van der Waals surface area contributed by atoms with Crippen LogP contribution in [0.5, 0.6) is 0 Å². The second-order valence-corrected chi connectivity index (χ2v) is 1.76. The van der Waals surface area contributed by atoms with E-state index in [1.165, 1.54) is 0 Å². The molecule has 0 saturated carbocycles. The molecule has 1 aromatic rings. The first-order valence-corrected chi connectivity index (χ1v) is 2.65. The molecule has 11 heavy (non-hydrogen) atoms. The lowest BCUT2D eigenvalue weighted by Gasteiger charge is -1.97. The molecule has 3 nitrogen and oxygen atoms in total. The second-order valence-electron chi connectivity index (χ2n) is 1.76. The maximum absolute atomic E-state index is 11.8. The van der Waals surface area contributed by atoms with Crippen LogP contribution in [0.1, 0.15) is 5.69 Å². The van der Waals surface area contributed by atoms with Crippen LogP contribution >= 0.6 is 0 Å². The minimum absolute atomic E-state index is 0.757. The van der Waals surface area contributed by atoms with E-state index >= 15 is 0 Å². The predicted molar refractivity (Wildman–Crippen MR) is 31.4 cm³/mol. The molecule has 0 fully saturated rings. The van der Waals surface area contributed by atoms with Gasteiger partial charge in [0, 0.05) is 6.20 Å². The van der Waals surface area contributed by atoms with Gasteiger partial charge in [0.25, 0.3) is 0 Å². The smallest absolute Gasteiger partial charge is 0.228 e. The Kier molecular flexibility index (Phi) is 1.67. The van der Waals surface area contributed by atoms with Crippen molar-refractivity contribution in [3.05, 3.63) is 18.5 Å². The van der Waals surface area contributed by atoms with E-state index in [0.29, 0.717) is 0 Å². The lowest BCUT2D eigenvalue weighted by molar-refractivity contribution is -0.141. The van der Waals surface area contributed by atoms with Gasteiger partial charge in [-0.05, 0) is 0 Å². The summed E-state index contributed by atoms with van der Waals surface area (Å²) in [5, 5.41) is 6.00. The molecule has 1 rings (SSSR count). The zero-order chi connectivity index (χ0) is 8.48. The van der Waals surface area contributed by atoms with Crippen LogP contribution in [0.2, 0.25) is 0 Å². The Morgan fingerprint density at radius 1 is 1.55 bits per heavy atom. The summed E-state index contributed by atoms with van der Waals surface area (Å²) in [6, 6.07) is 0. The number of hydrogen-bond donors (Lipinski definition) is 0. The highest BCUT2D eigenvalue weighted by atomic mass is 19.4. The summed E-state index contributed by atoms with van der Waals surface area (Å²) in [5.74, 6) is 0. The van der Waals surface area contributed by atoms with Gasteiger partial charge in [-0.15, -0.1) is 5.10 Å². The molecule has 0 saturated heterocycles. The quantitative estimate of drug-likeness (QED) is 0.626. The van der Waals surface area contributed by atoms with Gasteiger partial charge in [-0.25, -0.2) is 4.68 Å². The number of rotatable bonds is 1. The molecule has 0 atom stereocenters. The summed E-state index contributed by atoms with van der Waals surface area (Å²) >= 11 is 0. The highest BCUT2D eigenvalue weighted by Crippen LogP contribution is 2.26. The Balaban J connectivity index is 2.98. The zero-order valence-corrected chi connectivity index (χ0v) is 5.34. The number of hydrogen-bond acceptors (Lipinski definition) is 2. The molecule has 1 heterocycles. The number of halogens is 3. The van der Waals surface area contributed by atoms with E-state index in [1.807, 2.05) is 0 Å². The third kappa shape index (κ3) is 1.57. The molecule has 0 radical (unpaired) electrons. The zero-order valence-electron chi connectivity index (χ0n) is 5.34. The van der Waals surface area contributed by atoms with Crippen LogP contribution < -0.4 is 0 Å². The van der Waals surface area contributed by atoms with Gasteiger partial charge in [-0.1, -0.05) is 11.8 Å². The normalized spacial score (nSPS) is 11.5. The van der Waals surface area contributed by atoms with Gasteiger partial charge in [-0.2, -0.15) is 13.2 Å². The molecule has 0 aliphatic rings. The molecule has 0 bridgehead atoms. The van der Waals surface area contributed by atoms with Crippen molar-refractivity contribution in [1.82, 2.24) is 15.0 Å². The first kappa shape index (κ1) is 7.77. The predicted octanol–water partition coefficient (Wildman–Crippen LogP) is 1.40. The van der Waals surface area contributed by atoms with Crippen LogP contribution in [0.3, 0.4) is 0 Å². The van der Waals surface area contributed by atoms with E-state index in [0.717, 1.165) is 17.1 Å². The van der Waals surface area contributed by atoms with Gasteiger partial charge in [-0.3, -0.25) is 0 Å². The van der Waals surface area contributed by atoms with Crippen LogP contribution in [-0.4, -0.2) is 15.0 Å². The molecule has 0 aliphatic carbocycles. The van der Waals surface area contributed by atoms with Crippen molar-refractivity contribution in [3.8, 4) is 0 Å². The molecular weight excluding hydrogens is 159 g/mol. The molecule has 0 aromatic carbocycles. The Hall–Kier alpha value is -1.33. The van der Waals surface area contributed by atoms with Crippen molar-refractivity contribution in [2.75, 3.05) is 0 Å². The average molecular weight is 163 g/mol. The molecule has 0 amide bonds. The topological polar surface area (TPSA) is 30.7 Å². The van der Waals surface area contributed by atoms with Gasteiger partial charge in [0.2, 0.25) is 0 Å². The summed E-state index contributed by atoms with van der Waals surface area (Å²) < 4.78 is 36.3. The standard InChI is InChI=1S/C5H4F3N3/c1-2-11-3-4(9-10-11)5(6,7)8/h2-3H,1H2. The highest BCUT2D eigenvalue weighted by molar-refractivity contribution is 5.14.